The van der Waals surface area contributed by atoms with Crippen LogP contribution in [0.25, 0.3) is 0 Å². The van der Waals surface area contributed by atoms with Crippen molar-refractivity contribution < 1.29 is 8.42 Å². The van der Waals surface area contributed by atoms with Gasteiger partial charge in [0.2, 0.25) is 0 Å². The normalized spacial score (nSPS) is 11.5. The van der Waals surface area contributed by atoms with E-state index in [1.807, 2.05) is 26.0 Å². The van der Waals surface area contributed by atoms with Crippen molar-refractivity contribution in [2.75, 3.05) is 4.72 Å². The molecular weight excluding hydrogens is 377 g/mol. The van der Waals surface area contributed by atoms with Crippen molar-refractivity contribution in [1.82, 2.24) is 9.97 Å². The van der Waals surface area contributed by atoms with Gasteiger partial charge in [-0.3, -0.25) is 4.72 Å². The largest absolute Gasteiger partial charge is 0.332 e. The van der Waals surface area contributed by atoms with E-state index in [2.05, 4.69) is 37.3 Å². The third-order valence-corrected chi connectivity index (χ3v) is 4.61. The van der Waals surface area contributed by atoms with Gasteiger partial charge in [0.15, 0.2) is 5.03 Å². The van der Waals surface area contributed by atoms with Crippen molar-refractivity contribution >= 4 is 38.3 Å². The van der Waals surface area contributed by atoms with E-state index < -0.39 is 10.0 Å². The molecule has 0 aliphatic heterocycles. The minimum atomic E-state index is -3.61. The molecule has 0 saturated carbocycles. The van der Waals surface area contributed by atoms with Crippen molar-refractivity contribution in [3.63, 3.8) is 0 Å². The SMILES string of the molecule is CCc1ncc(S(=O)(=O)Nc2ccc(I)cc2C)[nH]1. The van der Waals surface area contributed by atoms with Gasteiger partial charge in [0.1, 0.15) is 5.82 Å². The molecule has 19 heavy (non-hydrogen) atoms. The number of aromatic nitrogens is 2. The van der Waals surface area contributed by atoms with E-state index in [9.17, 15) is 8.42 Å². The summed E-state index contributed by atoms with van der Waals surface area (Å²) >= 11 is 2.19. The molecule has 0 unspecified atom stereocenters. The molecule has 0 spiro atoms. The summed E-state index contributed by atoms with van der Waals surface area (Å²) in [5.41, 5.74) is 1.46. The maximum atomic E-state index is 12.2. The Bertz CT molecular complexity index is 695. The van der Waals surface area contributed by atoms with Crippen LogP contribution in [0.3, 0.4) is 0 Å². The van der Waals surface area contributed by atoms with Crippen LogP contribution in [0, 0.1) is 10.5 Å². The first kappa shape index (κ1) is 14.3. The van der Waals surface area contributed by atoms with Gasteiger partial charge in [-0.05, 0) is 53.3 Å². The summed E-state index contributed by atoms with van der Waals surface area (Å²) in [5.74, 6) is 0.653. The second-order valence-electron chi connectivity index (χ2n) is 4.11. The standard InChI is InChI=1S/C12H14IN3O2S/c1-3-11-14-7-12(15-11)19(17,18)16-10-5-4-9(13)6-8(10)2/h4-7,16H,3H2,1-2H3,(H,14,15). The third kappa shape index (κ3) is 3.27. The second kappa shape index (κ2) is 5.49. The number of hydrogen-bond donors (Lipinski definition) is 2. The Morgan fingerprint density at radius 2 is 2.16 bits per heavy atom. The molecule has 2 aromatic rings. The zero-order valence-electron chi connectivity index (χ0n) is 10.6. The number of anilines is 1. The summed E-state index contributed by atoms with van der Waals surface area (Å²) in [6.45, 7) is 3.77. The van der Waals surface area contributed by atoms with Gasteiger partial charge in [-0.15, -0.1) is 0 Å². The average Bonchev–Trinajstić information content (AvgIpc) is 2.82. The van der Waals surface area contributed by atoms with Crippen molar-refractivity contribution in [2.24, 2.45) is 0 Å². The van der Waals surface area contributed by atoms with E-state index >= 15 is 0 Å². The van der Waals surface area contributed by atoms with Crippen LogP contribution >= 0.6 is 22.6 Å². The number of benzene rings is 1. The third-order valence-electron chi connectivity index (χ3n) is 2.66. The number of nitrogens with zero attached hydrogens (tertiary/aromatic N) is 1. The van der Waals surface area contributed by atoms with E-state index in [-0.39, 0.29) is 5.03 Å². The molecule has 5 nitrogen and oxygen atoms in total. The summed E-state index contributed by atoms with van der Waals surface area (Å²) in [7, 11) is -3.61. The first-order valence-electron chi connectivity index (χ1n) is 5.75. The first-order valence-corrected chi connectivity index (χ1v) is 8.31. The van der Waals surface area contributed by atoms with Crippen molar-refractivity contribution in [2.45, 2.75) is 25.3 Å². The van der Waals surface area contributed by atoms with Gasteiger partial charge in [0.25, 0.3) is 10.0 Å². The lowest BCUT2D eigenvalue weighted by atomic mass is 10.2. The fourth-order valence-corrected chi connectivity index (χ4v) is 3.32. The molecule has 0 fully saturated rings. The van der Waals surface area contributed by atoms with Gasteiger partial charge in [-0.2, -0.15) is 8.42 Å². The summed E-state index contributed by atoms with van der Waals surface area (Å²) in [6, 6.07) is 5.53. The molecule has 7 heteroatoms. The molecule has 1 heterocycles. The maximum absolute atomic E-state index is 12.2. The number of halogens is 1. The van der Waals surface area contributed by atoms with Crippen LogP contribution in [0.2, 0.25) is 0 Å². The number of rotatable bonds is 4. The monoisotopic (exact) mass is 391 g/mol. The number of hydrogen-bond acceptors (Lipinski definition) is 3. The molecule has 0 radical (unpaired) electrons. The fraction of sp³-hybridized carbons (Fsp3) is 0.250. The van der Waals surface area contributed by atoms with Gasteiger partial charge in [-0.25, -0.2) is 4.98 Å². The van der Waals surface area contributed by atoms with Crippen LogP contribution in [-0.4, -0.2) is 18.4 Å². The Labute approximate surface area is 126 Å². The molecule has 0 saturated heterocycles. The summed E-state index contributed by atoms with van der Waals surface area (Å²) in [5, 5.41) is 0.0855. The highest BCUT2D eigenvalue weighted by Crippen LogP contribution is 2.21. The molecule has 0 aliphatic rings. The Morgan fingerprint density at radius 3 is 2.74 bits per heavy atom. The average molecular weight is 391 g/mol. The fourth-order valence-electron chi connectivity index (χ4n) is 1.60. The van der Waals surface area contributed by atoms with Gasteiger partial charge >= 0.3 is 0 Å². The molecule has 1 aromatic heterocycles. The molecule has 2 rings (SSSR count). The lowest BCUT2D eigenvalue weighted by molar-refractivity contribution is 0.598. The second-order valence-corrected chi connectivity index (χ2v) is 7.01. The number of aryl methyl sites for hydroxylation is 2. The lowest BCUT2D eigenvalue weighted by Gasteiger charge is -2.09. The van der Waals surface area contributed by atoms with Crippen LogP contribution in [0.4, 0.5) is 5.69 Å². The zero-order valence-corrected chi connectivity index (χ0v) is 13.5. The highest BCUT2D eigenvalue weighted by Gasteiger charge is 2.17. The Kier molecular flexibility index (Phi) is 4.14. The zero-order chi connectivity index (χ0) is 14.0. The number of sulfonamides is 1. The molecule has 1 aromatic carbocycles. The van der Waals surface area contributed by atoms with Crippen LogP contribution in [-0.2, 0) is 16.4 Å². The lowest BCUT2D eigenvalue weighted by Crippen LogP contribution is -2.14. The molecule has 0 atom stereocenters. The van der Waals surface area contributed by atoms with Gasteiger partial charge < -0.3 is 4.98 Å². The number of nitrogens with one attached hydrogen (secondary N) is 2. The van der Waals surface area contributed by atoms with Crippen LogP contribution < -0.4 is 4.72 Å². The molecule has 0 amide bonds. The van der Waals surface area contributed by atoms with E-state index in [1.54, 1.807) is 6.07 Å². The van der Waals surface area contributed by atoms with Gasteiger partial charge in [0.05, 0.1) is 11.9 Å². The van der Waals surface area contributed by atoms with Crippen LogP contribution in [0.15, 0.2) is 29.4 Å². The van der Waals surface area contributed by atoms with E-state index in [0.29, 0.717) is 17.9 Å². The van der Waals surface area contributed by atoms with Gasteiger partial charge in [0, 0.05) is 9.99 Å². The highest BCUT2D eigenvalue weighted by atomic mass is 127. The van der Waals surface area contributed by atoms with Crippen molar-refractivity contribution in [3.05, 3.63) is 39.4 Å². The molecule has 2 N–H and O–H groups in total. The highest BCUT2D eigenvalue weighted by molar-refractivity contribution is 14.1. The number of aromatic amines is 1. The maximum Gasteiger partial charge on any atom is 0.278 e. The molecule has 102 valence electrons. The van der Waals surface area contributed by atoms with Crippen LogP contribution in [0.5, 0.6) is 0 Å². The van der Waals surface area contributed by atoms with Crippen LogP contribution in [0.1, 0.15) is 18.3 Å². The quantitative estimate of drug-likeness (QED) is 0.788. The number of imidazole rings is 1. The van der Waals surface area contributed by atoms with Crippen molar-refractivity contribution in [3.8, 4) is 0 Å². The minimum absolute atomic E-state index is 0.0855. The smallest absolute Gasteiger partial charge is 0.278 e. The predicted octanol–water partition coefficient (Wildman–Crippen LogP) is 2.69. The Balaban J connectivity index is 2.30. The first-order chi connectivity index (χ1) is 8.92. The van der Waals surface area contributed by atoms with Gasteiger partial charge in [-0.1, -0.05) is 6.92 Å². The summed E-state index contributed by atoms with van der Waals surface area (Å²) in [6.07, 6.45) is 2.00. The predicted molar refractivity (Wildman–Crippen MR) is 82.7 cm³/mol. The Hall–Kier alpha value is -1.09. The summed E-state index contributed by atoms with van der Waals surface area (Å²) in [4.78, 5) is 6.79. The van der Waals surface area contributed by atoms with E-state index in [1.165, 1.54) is 6.20 Å². The number of H-pyrrole nitrogens is 1. The van der Waals surface area contributed by atoms with E-state index in [4.69, 9.17) is 0 Å². The molecular formula is C12H14IN3O2S. The summed E-state index contributed by atoms with van der Waals surface area (Å²) < 4.78 is 28.0. The molecule has 0 aliphatic carbocycles. The molecule has 0 bridgehead atoms. The Morgan fingerprint density at radius 1 is 1.42 bits per heavy atom. The van der Waals surface area contributed by atoms with Crippen molar-refractivity contribution in [1.29, 1.82) is 0 Å². The van der Waals surface area contributed by atoms with E-state index in [0.717, 1.165) is 9.13 Å². The topological polar surface area (TPSA) is 74.8 Å². The minimum Gasteiger partial charge on any atom is -0.332 e.